The highest BCUT2D eigenvalue weighted by molar-refractivity contribution is 9.10. The standard InChI is InChI=1S/C29H30BrNO6/c1-17-9-11-20-25(27(2)24(32)13-14-29(17,27)34)36-26(33)28(20)16-22(18-10-12-23(35-3)21(30)15-18)31(37-28)19-7-5-4-6-8-19/h4-8,10,12-15,17,20,22,25,34H,9,11,16H2,1-3H3/t17-,20+,22+,25+,27-,28?,29+/m0/s1. The Kier molecular flexibility index (Phi) is 5.60. The van der Waals surface area contributed by atoms with Crippen LogP contribution < -0.4 is 9.80 Å². The largest absolute Gasteiger partial charge is 0.496 e. The number of fused-ring (bicyclic) bond motifs is 4. The molecule has 2 aliphatic heterocycles. The van der Waals surface area contributed by atoms with E-state index in [-0.39, 0.29) is 17.7 Å². The molecular formula is C29H30BrNO6. The molecule has 4 aliphatic rings. The minimum Gasteiger partial charge on any atom is -0.496 e. The summed E-state index contributed by atoms with van der Waals surface area (Å²) in [5.74, 6) is -0.556. The number of hydroxylamine groups is 1. The predicted octanol–water partition coefficient (Wildman–Crippen LogP) is 4.93. The number of hydrogen-bond donors (Lipinski definition) is 1. The molecule has 37 heavy (non-hydrogen) atoms. The molecule has 0 radical (unpaired) electrons. The summed E-state index contributed by atoms with van der Waals surface area (Å²) in [5.41, 5.74) is -2.17. The molecule has 2 heterocycles. The van der Waals surface area contributed by atoms with E-state index < -0.39 is 34.6 Å². The van der Waals surface area contributed by atoms with Crippen molar-refractivity contribution in [2.75, 3.05) is 12.2 Å². The highest BCUT2D eigenvalue weighted by Crippen LogP contribution is 2.61. The van der Waals surface area contributed by atoms with Crippen LogP contribution in [-0.4, -0.2) is 41.3 Å². The van der Waals surface area contributed by atoms with Crippen LogP contribution in [0.25, 0.3) is 0 Å². The Labute approximate surface area is 224 Å². The van der Waals surface area contributed by atoms with E-state index in [0.717, 1.165) is 15.7 Å². The van der Waals surface area contributed by atoms with Gasteiger partial charge >= 0.3 is 5.97 Å². The summed E-state index contributed by atoms with van der Waals surface area (Å²) in [6.07, 6.45) is 3.84. The number of rotatable bonds is 3. The Balaban J connectivity index is 1.46. The second-order valence-corrected chi connectivity index (χ2v) is 11.7. The predicted molar refractivity (Wildman–Crippen MR) is 140 cm³/mol. The molecule has 0 bridgehead atoms. The lowest BCUT2D eigenvalue weighted by molar-refractivity contribution is -0.169. The quantitative estimate of drug-likeness (QED) is 0.526. The zero-order valence-corrected chi connectivity index (χ0v) is 22.6. The number of esters is 1. The Morgan fingerprint density at radius 2 is 1.89 bits per heavy atom. The van der Waals surface area contributed by atoms with Gasteiger partial charge in [0.25, 0.3) is 0 Å². The first-order chi connectivity index (χ1) is 17.7. The van der Waals surface area contributed by atoms with Crippen molar-refractivity contribution in [2.24, 2.45) is 17.3 Å². The molecule has 2 aromatic rings. The average Bonchev–Trinajstić information content (AvgIpc) is 3.49. The summed E-state index contributed by atoms with van der Waals surface area (Å²) < 4.78 is 12.3. The van der Waals surface area contributed by atoms with Crippen LogP contribution in [0.2, 0.25) is 0 Å². The van der Waals surface area contributed by atoms with E-state index in [1.807, 2.05) is 55.5 Å². The number of halogens is 1. The number of methoxy groups -OCH3 is 1. The van der Waals surface area contributed by atoms with Crippen LogP contribution >= 0.6 is 15.9 Å². The number of para-hydroxylation sites is 1. The molecule has 1 spiro atoms. The molecule has 2 aliphatic carbocycles. The van der Waals surface area contributed by atoms with E-state index in [2.05, 4.69) is 15.9 Å². The third kappa shape index (κ3) is 3.25. The average molecular weight is 568 g/mol. The number of aliphatic hydroxyl groups is 1. The van der Waals surface area contributed by atoms with Gasteiger partial charge in [-0.3, -0.25) is 9.63 Å². The van der Waals surface area contributed by atoms with E-state index in [9.17, 15) is 14.7 Å². The van der Waals surface area contributed by atoms with Gasteiger partial charge in [-0.25, -0.2) is 9.86 Å². The van der Waals surface area contributed by atoms with Crippen LogP contribution in [0, 0.1) is 17.3 Å². The lowest BCUT2D eigenvalue weighted by Gasteiger charge is -2.43. The molecule has 1 unspecified atom stereocenters. The second-order valence-electron chi connectivity index (χ2n) is 10.9. The van der Waals surface area contributed by atoms with E-state index in [0.29, 0.717) is 25.0 Å². The van der Waals surface area contributed by atoms with E-state index >= 15 is 0 Å². The first-order valence-electron chi connectivity index (χ1n) is 12.7. The first kappa shape index (κ1) is 24.6. The molecule has 7 nitrogen and oxygen atoms in total. The first-order valence-corrected chi connectivity index (χ1v) is 13.5. The van der Waals surface area contributed by atoms with Crippen molar-refractivity contribution in [3.05, 3.63) is 70.7 Å². The van der Waals surface area contributed by atoms with Gasteiger partial charge in [0.05, 0.1) is 28.7 Å². The molecule has 8 heteroatoms. The van der Waals surface area contributed by atoms with Crippen LogP contribution in [0.1, 0.15) is 44.7 Å². The number of ketones is 1. The summed E-state index contributed by atoms with van der Waals surface area (Å²) in [5, 5.41) is 13.5. The van der Waals surface area contributed by atoms with Crippen LogP contribution in [0.3, 0.4) is 0 Å². The van der Waals surface area contributed by atoms with E-state index in [1.165, 1.54) is 6.08 Å². The molecule has 194 valence electrons. The molecule has 2 saturated heterocycles. The molecule has 6 rings (SSSR count). The van der Waals surface area contributed by atoms with E-state index in [1.54, 1.807) is 25.2 Å². The maximum atomic E-state index is 13.8. The Morgan fingerprint density at radius 3 is 2.59 bits per heavy atom. The Hall–Kier alpha value is -2.68. The van der Waals surface area contributed by atoms with Crippen molar-refractivity contribution >= 4 is 33.4 Å². The van der Waals surface area contributed by atoms with Gasteiger partial charge in [-0.1, -0.05) is 31.2 Å². The SMILES string of the molecule is COc1ccc([C@H]2CC3(ON2c2ccccc2)C(=O)O[C@@H]2[C@H]3CC[C@H](C)[C@]3(O)C=CC(=O)[C@@]23C)cc1Br. The fourth-order valence-corrected chi connectivity index (χ4v) is 7.53. The Bertz CT molecular complexity index is 1300. The molecule has 0 amide bonds. The number of ether oxygens (including phenoxy) is 2. The van der Waals surface area contributed by atoms with Crippen molar-refractivity contribution < 1.29 is 29.0 Å². The van der Waals surface area contributed by atoms with Crippen LogP contribution in [-0.2, 0) is 19.2 Å². The Morgan fingerprint density at radius 1 is 1.14 bits per heavy atom. The fraction of sp³-hybridized carbons (Fsp3) is 0.448. The number of carbonyl (C=O) groups is 2. The van der Waals surface area contributed by atoms with Crippen molar-refractivity contribution in [1.29, 1.82) is 0 Å². The van der Waals surface area contributed by atoms with Crippen molar-refractivity contribution in [3.8, 4) is 5.75 Å². The number of nitrogens with zero attached hydrogens (tertiary/aromatic N) is 1. The number of carbonyl (C=O) groups excluding carboxylic acids is 2. The smallest absolute Gasteiger partial charge is 0.342 e. The summed E-state index contributed by atoms with van der Waals surface area (Å²) in [4.78, 5) is 33.7. The maximum Gasteiger partial charge on any atom is 0.342 e. The van der Waals surface area contributed by atoms with Crippen molar-refractivity contribution in [3.63, 3.8) is 0 Å². The molecule has 0 aromatic heterocycles. The monoisotopic (exact) mass is 567 g/mol. The van der Waals surface area contributed by atoms with Crippen LogP contribution in [0.5, 0.6) is 5.75 Å². The number of allylic oxidation sites excluding steroid dienone is 1. The maximum absolute atomic E-state index is 13.8. The molecule has 3 fully saturated rings. The lowest BCUT2D eigenvalue weighted by atomic mass is 9.63. The van der Waals surface area contributed by atoms with Gasteiger partial charge in [-0.05, 0) is 83.6 Å². The van der Waals surface area contributed by atoms with Gasteiger partial charge in [0.1, 0.15) is 17.5 Å². The van der Waals surface area contributed by atoms with Crippen molar-refractivity contribution in [2.45, 2.75) is 56.5 Å². The second kappa shape index (κ2) is 8.41. The normalized spacial score (nSPS) is 38.5. The lowest BCUT2D eigenvalue weighted by Crippen LogP contribution is -2.57. The zero-order valence-electron chi connectivity index (χ0n) is 21.0. The number of anilines is 1. The topological polar surface area (TPSA) is 85.3 Å². The van der Waals surface area contributed by atoms with Gasteiger partial charge in [-0.15, -0.1) is 0 Å². The van der Waals surface area contributed by atoms with Crippen molar-refractivity contribution in [1.82, 2.24) is 0 Å². The van der Waals surface area contributed by atoms with Gasteiger partial charge in [-0.2, -0.15) is 0 Å². The number of hydrogen-bond acceptors (Lipinski definition) is 7. The number of benzene rings is 2. The van der Waals surface area contributed by atoms with Gasteiger partial charge in [0.2, 0.25) is 5.60 Å². The summed E-state index contributed by atoms with van der Waals surface area (Å²) in [6, 6.07) is 15.2. The molecule has 1 N–H and O–H groups in total. The fourth-order valence-electron chi connectivity index (χ4n) is 6.97. The zero-order chi connectivity index (χ0) is 26.2. The molecule has 1 saturated carbocycles. The summed E-state index contributed by atoms with van der Waals surface area (Å²) in [6.45, 7) is 3.70. The molecular weight excluding hydrogens is 538 g/mol. The minimum absolute atomic E-state index is 0.179. The summed E-state index contributed by atoms with van der Waals surface area (Å²) >= 11 is 3.59. The molecule has 2 aromatic carbocycles. The highest BCUT2D eigenvalue weighted by Gasteiger charge is 2.74. The molecule has 7 atom stereocenters. The van der Waals surface area contributed by atoms with Crippen LogP contribution in [0.15, 0.2) is 65.2 Å². The van der Waals surface area contributed by atoms with Gasteiger partial charge in [0.15, 0.2) is 5.78 Å². The minimum atomic E-state index is -1.38. The van der Waals surface area contributed by atoms with Gasteiger partial charge < -0.3 is 14.6 Å². The van der Waals surface area contributed by atoms with Crippen LogP contribution in [0.4, 0.5) is 5.69 Å². The van der Waals surface area contributed by atoms with Gasteiger partial charge in [0, 0.05) is 12.3 Å². The summed E-state index contributed by atoms with van der Waals surface area (Å²) in [7, 11) is 1.62. The third-order valence-electron chi connectivity index (χ3n) is 9.22. The van der Waals surface area contributed by atoms with E-state index in [4.69, 9.17) is 14.3 Å². The highest BCUT2D eigenvalue weighted by atomic mass is 79.9. The third-order valence-corrected chi connectivity index (χ3v) is 9.84.